The zero-order valence-electron chi connectivity index (χ0n) is 8.63. The standard InChI is InChI=1S/C12H13BrOS/c1-8-2-4-9(5-3-8)11(14)12-10(13)6-7-15-12/h4,6-8H,2-3,5H2,1H3. The lowest BCUT2D eigenvalue weighted by Crippen LogP contribution is -2.09. The van der Waals surface area contributed by atoms with E-state index in [4.69, 9.17) is 0 Å². The minimum atomic E-state index is 0.212. The zero-order chi connectivity index (χ0) is 10.8. The van der Waals surface area contributed by atoms with E-state index < -0.39 is 0 Å². The summed E-state index contributed by atoms with van der Waals surface area (Å²) in [4.78, 5) is 12.9. The van der Waals surface area contributed by atoms with Crippen LogP contribution in [0.3, 0.4) is 0 Å². The van der Waals surface area contributed by atoms with E-state index >= 15 is 0 Å². The molecule has 1 unspecified atom stereocenters. The SMILES string of the molecule is CC1CC=C(C(=O)c2sccc2Br)CC1. The van der Waals surface area contributed by atoms with Gasteiger partial charge in [0.2, 0.25) is 0 Å². The van der Waals surface area contributed by atoms with Gasteiger partial charge in [0.05, 0.1) is 4.88 Å². The van der Waals surface area contributed by atoms with Gasteiger partial charge in [-0.05, 0) is 58.1 Å². The Labute approximate surface area is 102 Å². The van der Waals surface area contributed by atoms with E-state index in [0.717, 1.165) is 40.1 Å². The molecule has 0 saturated carbocycles. The molecular formula is C12H13BrOS. The van der Waals surface area contributed by atoms with Gasteiger partial charge in [0.1, 0.15) is 0 Å². The molecule has 1 nitrogen and oxygen atoms in total. The highest BCUT2D eigenvalue weighted by atomic mass is 79.9. The Morgan fingerprint density at radius 3 is 2.93 bits per heavy atom. The van der Waals surface area contributed by atoms with Crippen LogP contribution in [0.15, 0.2) is 27.6 Å². The maximum absolute atomic E-state index is 12.1. The lowest BCUT2D eigenvalue weighted by Gasteiger charge is -2.16. The molecule has 0 spiro atoms. The average Bonchev–Trinajstić information content (AvgIpc) is 2.65. The van der Waals surface area contributed by atoms with Gasteiger partial charge in [-0.25, -0.2) is 0 Å². The Morgan fingerprint density at radius 2 is 2.40 bits per heavy atom. The van der Waals surface area contributed by atoms with Crippen LogP contribution in [-0.2, 0) is 0 Å². The third-order valence-corrected chi connectivity index (χ3v) is 4.62. The number of rotatable bonds is 2. The van der Waals surface area contributed by atoms with Crippen molar-refractivity contribution in [3.8, 4) is 0 Å². The van der Waals surface area contributed by atoms with E-state index in [1.807, 2.05) is 11.4 Å². The molecule has 0 aromatic carbocycles. The van der Waals surface area contributed by atoms with Crippen molar-refractivity contribution in [2.24, 2.45) is 5.92 Å². The molecule has 1 atom stereocenters. The Hall–Kier alpha value is -0.410. The molecular weight excluding hydrogens is 272 g/mol. The highest BCUT2D eigenvalue weighted by Gasteiger charge is 2.19. The molecule has 0 N–H and O–H groups in total. The Kier molecular flexibility index (Phi) is 3.42. The molecule has 0 bridgehead atoms. The first-order valence-corrected chi connectivity index (χ1v) is 6.82. The van der Waals surface area contributed by atoms with Gasteiger partial charge in [0, 0.05) is 4.47 Å². The fraction of sp³-hybridized carbons (Fsp3) is 0.417. The third kappa shape index (κ3) is 2.40. The van der Waals surface area contributed by atoms with Crippen LogP contribution in [0.5, 0.6) is 0 Å². The minimum Gasteiger partial charge on any atom is -0.288 e. The molecule has 1 aromatic heterocycles. The third-order valence-electron chi connectivity index (χ3n) is 2.79. The summed E-state index contributed by atoms with van der Waals surface area (Å²) in [6.07, 6.45) is 5.23. The highest BCUT2D eigenvalue weighted by molar-refractivity contribution is 9.10. The summed E-state index contributed by atoms with van der Waals surface area (Å²) in [5, 5.41) is 1.95. The maximum Gasteiger partial charge on any atom is 0.199 e. The van der Waals surface area contributed by atoms with Gasteiger partial charge in [0.25, 0.3) is 0 Å². The van der Waals surface area contributed by atoms with Crippen LogP contribution in [0, 0.1) is 5.92 Å². The first-order chi connectivity index (χ1) is 7.18. The maximum atomic E-state index is 12.1. The van der Waals surface area contributed by atoms with Crippen molar-refractivity contribution in [3.05, 3.63) is 32.4 Å². The van der Waals surface area contributed by atoms with Crippen molar-refractivity contribution in [1.29, 1.82) is 0 Å². The van der Waals surface area contributed by atoms with Gasteiger partial charge in [-0.3, -0.25) is 4.79 Å². The number of thiophene rings is 1. The Morgan fingerprint density at radius 1 is 1.60 bits per heavy atom. The molecule has 1 heterocycles. The number of carbonyl (C=O) groups is 1. The predicted molar refractivity (Wildman–Crippen MR) is 67.4 cm³/mol. The molecule has 3 heteroatoms. The molecule has 1 aliphatic rings. The van der Waals surface area contributed by atoms with Crippen molar-refractivity contribution >= 4 is 33.0 Å². The van der Waals surface area contributed by atoms with Crippen molar-refractivity contribution in [2.75, 3.05) is 0 Å². The molecule has 1 aliphatic carbocycles. The second-order valence-corrected chi connectivity index (χ2v) is 5.81. The monoisotopic (exact) mass is 284 g/mol. The van der Waals surface area contributed by atoms with Gasteiger partial charge >= 0.3 is 0 Å². The summed E-state index contributed by atoms with van der Waals surface area (Å²) in [5.74, 6) is 0.942. The summed E-state index contributed by atoms with van der Waals surface area (Å²) in [7, 11) is 0. The number of carbonyl (C=O) groups excluding carboxylic acids is 1. The van der Waals surface area contributed by atoms with Gasteiger partial charge < -0.3 is 0 Å². The van der Waals surface area contributed by atoms with Crippen molar-refractivity contribution in [2.45, 2.75) is 26.2 Å². The molecule has 1 aromatic rings. The van der Waals surface area contributed by atoms with Crippen LogP contribution in [-0.4, -0.2) is 5.78 Å². The largest absolute Gasteiger partial charge is 0.288 e. The first-order valence-electron chi connectivity index (χ1n) is 5.15. The quantitative estimate of drug-likeness (QED) is 0.734. The van der Waals surface area contributed by atoms with Crippen molar-refractivity contribution in [3.63, 3.8) is 0 Å². The van der Waals surface area contributed by atoms with E-state index in [1.165, 1.54) is 11.3 Å². The summed E-state index contributed by atoms with van der Waals surface area (Å²) < 4.78 is 0.928. The molecule has 15 heavy (non-hydrogen) atoms. The average molecular weight is 285 g/mol. The van der Waals surface area contributed by atoms with Gasteiger partial charge in [0.15, 0.2) is 5.78 Å². The molecule has 0 aliphatic heterocycles. The van der Waals surface area contributed by atoms with Crippen LogP contribution >= 0.6 is 27.3 Å². The summed E-state index contributed by atoms with van der Waals surface area (Å²) in [5.41, 5.74) is 0.997. The highest BCUT2D eigenvalue weighted by Crippen LogP contribution is 2.30. The van der Waals surface area contributed by atoms with Crippen LogP contribution in [0.2, 0.25) is 0 Å². The Bertz CT molecular complexity index is 406. The predicted octanol–water partition coefficient (Wildman–Crippen LogP) is 4.44. The van der Waals surface area contributed by atoms with E-state index in [-0.39, 0.29) is 5.78 Å². The lowest BCUT2D eigenvalue weighted by molar-refractivity contribution is 0.103. The first kappa shape index (κ1) is 11.1. The van der Waals surface area contributed by atoms with Gasteiger partial charge in [-0.1, -0.05) is 13.0 Å². The molecule has 0 amide bonds. The zero-order valence-corrected chi connectivity index (χ0v) is 11.0. The van der Waals surface area contributed by atoms with Crippen LogP contribution in [0.25, 0.3) is 0 Å². The molecule has 0 saturated heterocycles. The van der Waals surface area contributed by atoms with Gasteiger partial charge in [-0.2, -0.15) is 0 Å². The molecule has 0 fully saturated rings. The molecule has 0 radical (unpaired) electrons. The van der Waals surface area contributed by atoms with E-state index in [9.17, 15) is 4.79 Å². The van der Waals surface area contributed by atoms with E-state index in [1.54, 1.807) is 0 Å². The van der Waals surface area contributed by atoms with Crippen molar-refractivity contribution in [1.82, 2.24) is 0 Å². The summed E-state index contributed by atoms with van der Waals surface area (Å²) in [6, 6.07) is 1.93. The number of halogens is 1. The minimum absolute atomic E-state index is 0.212. The number of allylic oxidation sites excluding steroid dienone is 2. The van der Waals surface area contributed by atoms with E-state index in [0.29, 0.717) is 0 Å². The Balaban J connectivity index is 2.19. The number of hydrogen-bond donors (Lipinski definition) is 0. The normalized spacial score (nSPS) is 21.2. The van der Waals surface area contributed by atoms with Crippen LogP contribution in [0.4, 0.5) is 0 Å². The summed E-state index contributed by atoms with van der Waals surface area (Å²) in [6.45, 7) is 2.23. The second-order valence-electron chi connectivity index (χ2n) is 4.04. The number of ketones is 1. The van der Waals surface area contributed by atoms with Crippen LogP contribution in [0.1, 0.15) is 35.9 Å². The van der Waals surface area contributed by atoms with E-state index in [2.05, 4.69) is 28.9 Å². The molecule has 2 rings (SSSR count). The fourth-order valence-electron chi connectivity index (χ4n) is 1.77. The topological polar surface area (TPSA) is 17.1 Å². The van der Waals surface area contributed by atoms with Crippen LogP contribution < -0.4 is 0 Å². The fourth-order valence-corrected chi connectivity index (χ4v) is 3.30. The number of Topliss-reactive ketones (excluding diaryl/α,β-unsaturated/α-hetero) is 1. The van der Waals surface area contributed by atoms with Crippen molar-refractivity contribution < 1.29 is 4.79 Å². The number of hydrogen-bond acceptors (Lipinski definition) is 2. The summed E-state index contributed by atoms with van der Waals surface area (Å²) >= 11 is 4.92. The lowest BCUT2D eigenvalue weighted by atomic mass is 9.89. The smallest absolute Gasteiger partial charge is 0.199 e. The molecule has 80 valence electrons. The van der Waals surface area contributed by atoms with Gasteiger partial charge in [-0.15, -0.1) is 11.3 Å². The second kappa shape index (κ2) is 4.62.